The molecule has 0 unspecified atom stereocenters. The van der Waals surface area contributed by atoms with E-state index in [0.29, 0.717) is 0 Å². The average molecular weight is 272 g/mol. The Morgan fingerprint density at radius 1 is 1.25 bits per heavy atom. The Morgan fingerprint density at radius 2 is 2.00 bits per heavy atom. The van der Waals surface area contributed by atoms with Crippen molar-refractivity contribution in [1.82, 2.24) is 15.3 Å². The Morgan fingerprint density at radius 3 is 2.60 bits per heavy atom. The highest BCUT2D eigenvalue weighted by atomic mass is 16.6. The Hall–Kier alpha value is -2.80. The van der Waals surface area contributed by atoms with Gasteiger partial charge in [0.15, 0.2) is 0 Å². The van der Waals surface area contributed by atoms with Crippen molar-refractivity contribution in [2.75, 3.05) is 7.11 Å². The van der Waals surface area contributed by atoms with Gasteiger partial charge < -0.3 is 0 Å². The van der Waals surface area contributed by atoms with Gasteiger partial charge in [0.25, 0.3) is 0 Å². The van der Waals surface area contributed by atoms with Crippen LogP contribution in [0.15, 0.2) is 53.8 Å². The fraction of sp³-hybridized carbons (Fsp3) is 0.0769. The van der Waals surface area contributed by atoms with Gasteiger partial charge in [0.05, 0.1) is 24.4 Å². The van der Waals surface area contributed by atoms with Crippen LogP contribution in [0.1, 0.15) is 0 Å². The zero-order valence-electron chi connectivity index (χ0n) is 10.7. The van der Waals surface area contributed by atoms with Crippen LogP contribution < -0.4 is 10.8 Å². The number of hydroxylamine groups is 1. The molecule has 2 amide bonds. The summed E-state index contributed by atoms with van der Waals surface area (Å²) < 4.78 is 1.62. The fourth-order valence-electron chi connectivity index (χ4n) is 1.45. The first kappa shape index (κ1) is 13.6. The van der Waals surface area contributed by atoms with Crippen molar-refractivity contribution >= 4 is 11.8 Å². The van der Waals surface area contributed by atoms with Crippen molar-refractivity contribution in [2.45, 2.75) is 0 Å². The van der Waals surface area contributed by atoms with Crippen LogP contribution >= 0.6 is 0 Å². The monoisotopic (exact) mass is 272 g/mol. The number of carbonyl (C=O) groups excluding carboxylic acids is 2. The maximum absolute atomic E-state index is 11.4. The van der Waals surface area contributed by atoms with E-state index < -0.39 is 11.8 Å². The second-order valence-electron chi connectivity index (χ2n) is 3.72. The number of hydrogen-bond donors (Lipinski definition) is 1. The summed E-state index contributed by atoms with van der Waals surface area (Å²) in [7, 11) is 1.23. The highest BCUT2D eigenvalue weighted by molar-refractivity contribution is 6.35. The number of carbonyl (C=O) groups is 2. The Bertz CT molecular complexity index is 659. The van der Waals surface area contributed by atoms with Crippen LogP contribution in [0.3, 0.4) is 0 Å². The number of aromatic nitrogens is 2. The first-order valence-corrected chi connectivity index (χ1v) is 5.73. The molecule has 0 fully saturated rings. The molecule has 20 heavy (non-hydrogen) atoms. The summed E-state index contributed by atoms with van der Waals surface area (Å²) in [5.74, 6) is -1.89. The van der Waals surface area contributed by atoms with Crippen molar-refractivity contribution in [2.24, 2.45) is 4.99 Å². The third-order valence-corrected chi connectivity index (χ3v) is 2.34. The maximum Gasteiger partial charge on any atom is 0.337 e. The molecule has 0 spiro atoms. The molecule has 0 atom stereocenters. The van der Waals surface area contributed by atoms with E-state index in [1.54, 1.807) is 16.9 Å². The molecule has 0 bridgehead atoms. The highest BCUT2D eigenvalue weighted by Crippen LogP contribution is 2.02. The van der Waals surface area contributed by atoms with E-state index in [-0.39, 0.29) is 5.36 Å². The minimum absolute atomic E-state index is 0.286. The van der Waals surface area contributed by atoms with Gasteiger partial charge in [0.1, 0.15) is 0 Å². The zero-order valence-corrected chi connectivity index (χ0v) is 10.7. The molecule has 0 radical (unpaired) electrons. The predicted molar refractivity (Wildman–Crippen MR) is 69.3 cm³/mol. The molecule has 7 nitrogen and oxygen atoms in total. The molecule has 1 N–H and O–H groups in total. The Balaban J connectivity index is 2.20. The number of nitrogens with zero attached hydrogens (tertiary/aromatic N) is 3. The topological polar surface area (TPSA) is 85.6 Å². The summed E-state index contributed by atoms with van der Waals surface area (Å²) in [5, 5.41) is 4.40. The van der Waals surface area contributed by atoms with Crippen molar-refractivity contribution in [3.8, 4) is 5.69 Å². The van der Waals surface area contributed by atoms with E-state index in [1.807, 2.05) is 35.8 Å². The lowest BCUT2D eigenvalue weighted by Gasteiger charge is -2.03. The van der Waals surface area contributed by atoms with Crippen LogP contribution in [0.2, 0.25) is 0 Å². The standard InChI is InChI=1S/C13H12N4O3/c1-20-16-13(19)12(18)15-10-7-8-17(14-9-10)11-5-3-2-4-6-11/h2-9H,1H3,(H,16,19)/b15-10+. The highest BCUT2D eigenvalue weighted by Gasteiger charge is 2.10. The van der Waals surface area contributed by atoms with Crippen LogP contribution in [0.25, 0.3) is 5.69 Å². The Labute approximate surface area is 114 Å². The minimum Gasteiger partial charge on any atom is -0.277 e. The van der Waals surface area contributed by atoms with Crippen LogP contribution in [0, 0.1) is 0 Å². The Kier molecular flexibility index (Phi) is 4.35. The lowest BCUT2D eigenvalue weighted by atomic mass is 10.3. The molecule has 0 saturated heterocycles. The number of para-hydroxylation sites is 1. The van der Waals surface area contributed by atoms with E-state index in [1.165, 1.54) is 13.3 Å². The van der Waals surface area contributed by atoms with Gasteiger partial charge in [0, 0.05) is 6.20 Å². The van der Waals surface area contributed by atoms with Gasteiger partial charge in [-0.05, 0) is 18.2 Å². The van der Waals surface area contributed by atoms with Crippen molar-refractivity contribution in [3.05, 3.63) is 54.1 Å². The van der Waals surface area contributed by atoms with Gasteiger partial charge in [-0.3, -0.25) is 14.4 Å². The molecule has 1 aromatic carbocycles. The summed E-state index contributed by atoms with van der Waals surface area (Å²) in [5.41, 5.74) is 2.77. The van der Waals surface area contributed by atoms with Crippen LogP contribution in [-0.2, 0) is 14.4 Å². The van der Waals surface area contributed by atoms with Gasteiger partial charge in [-0.15, -0.1) is 0 Å². The first-order valence-electron chi connectivity index (χ1n) is 5.73. The molecular formula is C13H12N4O3. The number of nitrogens with one attached hydrogen (secondary N) is 1. The van der Waals surface area contributed by atoms with E-state index in [9.17, 15) is 9.59 Å². The van der Waals surface area contributed by atoms with Crippen LogP contribution in [0.5, 0.6) is 0 Å². The number of amides is 2. The summed E-state index contributed by atoms with van der Waals surface area (Å²) in [6, 6.07) is 11.0. The van der Waals surface area contributed by atoms with Gasteiger partial charge in [-0.25, -0.2) is 15.2 Å². The number of hydrogen-bond acceptors (Lipinski definition) is 4. The van der Waals surface area contributed by atoms with Crippen molar-refractivity contribution in [1.29, 1.82) is 0 Å². The van der Waals surface area contributed by atoms with E-state index >= 15 is 0 Å². The average Bonchev–Trinajstić information content (AvgIpc) is 2.49. The molecule has 0 aliphatic rings. The maximum atomic E-state index is 11.4. The third kappa shape index (κ3) is 3.36. The summed E-state index contributed by atoms with van der Waals surface area (Å²) in [4.78, 5) is 30.4. The molecule has 0 aliphatic heterocycles. The van der Waals surface area contributed by atoms with Crippen LogP contribution in [-0.4, -0.2) is 28.7 Å². The normalized spacial score (nSPS) is 11.2. The molecule has 2 aromatic rings. The lowest BCUT2D eigenvalue weighted by molar-refractivity contribution is -0.143. The number of benzene rings is 1. The molecular weight excluding hydrogens is 260 g/mol. The summed E-state index contributed by atoms with van der Waals surface area (Å²) in [6.07, 6.45) is 3.04. The van der Waals surface area contributed by atoms with Crippen molar-refractivity contribution in [3.63, 3.8) is 0 Å². The summed E-state index contributed by atoms with van der Waals surface area (Å²) >= 11 is 0. The summed E-state index contributed by atoms with van der Waals surface area (Å²) in [6.45, 7) is 0. The molecule has 7 heteroatoms. The molecule has 1 aromatic heterocycles. The third-order valence-electron chi connectivity index (χ3n) is 2.34. The fourth-order valence-corrected chi connectivity index (χ4v) is 1.45. The van der Waals surface area contributed by atoms with Gasteiger partial charge >= 0.3 is 11.8 Å². The SMILES string of the molecule is CONC(=O)C(=O)/N=c1\ccn(-c2ccccc2)nc1. The molecule has 2 rings (SSSR count). The second-order valence-corrected chi connectivity index (χ2v) is 3.72. The van der Waals surface area contributed by atoms with Crippen molar-refractivity contribution < 1.29 is 14.4 Å². The van der Waals surface area contributed by atoms with E-state index in [2.05, 4.69) is 14.9 Å². The smallest absolute Gasteiger partial charge is 0.277 e. The predicted octanol–water partition coefficient (Wildman–Crippen LogP) is -0.0228. The van der Waals surface area contributed by atoms with E-state index in [0.717, 1.165) is 5.69 Å². The second kappa shape index (κ2) is 6.39. The zero-order chi connectivity index (χ0) is 14.4. The molecule has 0 aliphatic carbocycles. The van der Waals surface area contributed by atoms with Gasteiger partial charge in [0.2, 0.25) is 0 Å². The largest absolute Gasteiger partial charge is 0.337 e. The number of rotatable bonds is 2. The molecule has 102 valence electrons. The van der Waals surface area contributed by atoms with Crippen LogP contribution in [0.4, 0.5) is 0 Å². The first-order chi connectivity index (χ1) is 9.70. The molecule has 1 heterocycles. The van der Waals surface area contributed by atoms with Gasteiger partial charge in [-0.2, -0.15) is 5.10 Å². The lowest BCUT2D eigenvalue weighted by Crippen LogP contribution is -2.30. The molecule has 0 saturated carbocycles. The van der Waals surface area contributed by atoms with Gasteiger partial charge in [-0.1, -0.05) is 18.2 Å². The van der Waals surface area contributed by atoms with E-state index in [4.69, 9.17) is 0 Å². The quantitative estimate of drug-likeness (QED) is 0.615. The minimum atomic E-state index is -0.953.